The van der Waals surface area contributed by atoms with E-state index in [0.717, 1.165) is 33.4 Å². The molecule has 0 atom stereocenters. The van der Waals surface area contributed by atoms with Crippen LogP contribution in [0.1, 0.15) is 38.8 Å². The molecule has 0 unspecified atom stereocenters. The first kappa shape index (κ1) is 24.5. The summed E-state index contributed by atoms with van der Waals surface area (Å²) in [5.74, 6) is 1.83. The number of nitrogens with zero attached hydrogens (tertiary/aromatic N) is 2. The highest BCUT2D eigenvalue weighted by molar-refractivity contribution is 6.01. The smallest absolute Gasteiger partial charge is 0.135 e. The maximum Gasteiger partial charge on any atom is 0.135 e. The molecule has 5 nitrogen and oxygen atoms in total. The monoisotopic (exact) mass is 434 g/mol. The minimum atomic E-state index is 0. The lowest BCUT2D eigenvalue weighted by atomic mass is 10.1. The standard InChI is InChI=1S/C22H26N4O.2ClH/c1-13(2)25-21(23)17-7-5-6-15(10-17)19-11-16-8-9-18(12-20(16)27-19)22(24)26-14(3)4;;/h5-14H,1-4H3,(H2,23,25)(H2,24,26);2*1H. The van der Waals surface area contributed by atoms with E-state index in [0.29, 0.717) is 11.7 Å². The first-order valence-electron chi connectivity index (χ1n) is 9.15. The molecular formula is C22H28Cl2N4O. The van der Waals surface area contributed by atoms with Crippen molar-refractivity contribution in [2.45, 2.75) is 39.8 Å². The van der Waals surface area contributed by atoms with Gasteiger partial charge in [-0.1, -0.05) is 30.3 Å². The Morgan fingerprint density at radius 3 is 1.97 bits per heavy atom. The summed E-state index contributed by atoms with van der Waals surface area (Å²) in [5, 5.41) is 1.01. The number of nitrogens with two attached hydrogens (primary N) is 2. The number of amidine groups is 2. The van der Waals surface area contributed by atoms with Crippen molar-refractivity contribution in [1.29, 1.82) is 0 Å². The highest BCUT2D eigenvalue weighted by atomic mass is 35.5. The van der Waals surface area contributed by atoms with Crippen LogP contribution in [0.3, 0.4) is 0 Å². The number of furan rings is 1. The predicted octanol–water partition coefficient (Wildman–Crippen LogP) is 5.17. The molecule has 1 aromatic heterocycles. The fraction of sp³-hybridized carbons (Fsp3) is 0.273. The Hall–Kier alpha value is -2.50. The molecule has 3 aromatic rings. The Kier molecular flexibility index (Phi) is 8.74. The summed E-state index contributed by atoms with van der Waals surface area (Å²) in [6, 6.07) is 16.1. The predicted molar refractivity (Wildman–Crippen MR) is 128 cm³/mol. The Labute approximate surface area is 184 Å². The third-order valence-electron chi connectivity index (χ3n) is 4.05. The molecule has 0 saturated heterocycles. The number of hydrogen-bond donors (Lipinski definition) is 2. The zero-order valence-corrected chi connectivity index (χ0v) is 18.7. The second kappa shape index (κ2) is 10.3. The zero-order valence-electron chi connectivity index (χ0n) is 17.0. The Morgan fingerprint density at radius 2 is 1.38 bits per heavy atom. The molecule has 4 N–H and O–H groups in total. The molecule has 156 valence electrons. The Morgan fingerprint density at radius 1 is 0.793 bits per heavy atom. The summed E-state index contributed by atoms with van der Waals surface area (Å²) in [5.41, 5.74) is 15.7. The summed E-state index contributed by atoms with van der Waals surface area (Å²) in [6.45, 7) is 8.00. The topological polar surface area (TPSA) is 89.9 Å². The Bertz CT molecular complexity index is 1020. The van der Waals surface area contributed by atoms with Gasteiger partial charge in [0.15, 0.2) is 0 Å². The van der Waals surface area contributed by atoms with E-state index in [1.165, 1.54) is 0 Å². The molecule has 0 radical (unpaired) electrons. The number of fused-ring (bicyclic) bond motifs is 1. The van der Waals surface area contributed by atoms with Crippen molar-refractivity contribution in [1.82, 2.24) is 0 Å². The number of rotatable bonds is 5. The van der Waals surface area contributed by atoms with Crippen molar-refractivity contribution in [3.05, 3.63) is 59.7 Å². The van der Waals surface area contributed by atoms with Crippen molar-refractivity contribution >= 4 is 47.5 Å². The van der Waals surface area contributed by atoms with E-state index >= 15 is 0 Å². The van der Waals surface area contributed by atoms with Crippen molar-refractivity contribution < 1.29 is 4.42 Å². The van der Waals surface area contributed by atoms with E-state index in [2.05, 4.69) is 9.98 Å². The summed E-state index contributed by atoms with van der Waals surface area (Å²) < 4.78 is 6.07. The molecule has 0 aliphatic heterocycles. The van der Waals surface area contributed by atoms with Gasteiger partial charge in [0.2, 0.25) is 0 Å². The van der Waals surface area contributed by atoms with E-state index in [-0.39, 0.29) is 36.9 Å². The zero-order chi connectivity index (χ0) is 19.6. The van der Waals surface area contributed by atoms with Crippen LogP contribution in [0.15, 0.2) is 62.9 Å². The fourth-order valence-corrected chi connectivity index (χ4v) is 2.87. The lowest BCUT2D eigenvalue weighted by molar-refractivity contribution is 0.631. The van der Waals surface area contributed by atoms with Crippen LogP contribution >= 0.6 is 24.8 Å². The molecule has 3 rings (SSSR count). The molecule has 0 fully saturated rings. The van der Waals surface area contributed by atoms with E-state index in [1.54, 1.807) is 0 Å². The van der Waals surface area contributed by atoms with Crippen LogP contribution < -0.4 is 11.5 Å². The SMILES string of the molecule is CC(C)N=C(N)c1cccc(-c2cc3ccc(C(N)=NC(C)C)cc3o2)c1.Cl.Cl. The number of halogens is 2. The van der Waals surface area contributed by atoms with Gasteiger partial charge in [0.25, 0.3) is 0 Å². The summed E-state index contributed by atoms with van der Waals surface area (Å²) in [6.07, 6.45) is 0. The van der Waals surface area contributed by atoms with Crippen LogP contribution in [0.25, 0.3) is 22.3 Å². The van der Waals surface area contributed by atoms with Gasteiger partial charge in [0.1, 0.15) is 23.0 Å². The maximum atomic E-state index is 6.10. The van der Waals surface area contributed by atoms with Crippen molar-refractivity contribution in [3.63, 3.8) is 0 Å². The number of benzene rings is 2. The number of hydrogen-bond acceptors (Lipinski definition) is 3. The lowest BCUT2D eigenvalue weighted by Crippen LogP contribution is -2.15. The van der Waals surface area contributed by atoms with Crippen LogP contribution in [-0.2, 0) is 0 Å². The molecule has 0 saturated carbocycles. The summed E-state index contributed by atoms with van der Waals surface area (Å²) in [4.78, 5) is 8.82. The van der Waals surface area contributed by atoms with E-state index in [4.69, 9.17) is 15.9 Å². The third-order valence-corrected chi connectivity index (χ3v) is 4.05. The highest BCUT2D eigenvalue weighted by Crippen LogP contribution is 2.29. The second-order valence-corrected chi connectivity index (χ2v) is 7.16. The van der Waals surface area contributed by atoms with Gasteiger partial charge in [-0.3, -0.25) is 9.98 Å². The van der Waals surface area contributed by atoms with Crippen LogP contribution in [0.4, 0.5) is 0 Å². The van der Waals surface area contributed by atoms with Gasteiger partial charge in [0, 0.05) is 34.2 Å². The van der Waals surface area contributed by atoms with Crippen LogP contribution in [0.2, 0.25) is 0 Å². The van der Waals surface area contributed by atoms with Gasteiger partial charge in [-0.25, -0.2) is 0 Å². The van der Waals surface area contributed by atoms with E-state index < -0.39 is 0 Å². The minimum Gasteiger partial charge on any atom is -0.456 e. The minimum absolute atomic E-state index is 0. The van der Waals surface area contributed by atoms with E-state index in [1.807, 2.05) is 76.2 Å². The first-order valence-corrected chi connectivity index (χ1v) is 9.15. The normalized spacial score (nSPS) is 12.2. The van der Waals surface area contributed by atoms with Crippen LogP contribution in [0, 0.1) is 0 Å². The summed E-state index contributed by atoms with van der Waals surface area (Å²) >= 11 is 0. The molecule has 29 heavy (non-hydrogen) atoms. The van der Waals surface area contributed by atoms with Crippen molar-refractivity contribution in [2.24, 2.45) is 21.5 Å². The first-order chi connectivity index (χ1) is 12.8. The average molecular weight is 435 g/mol. The number of aliphatic imine (C=N–C) groups is 2. The van der Waals surface area contributed by atoms with Gasteiger partial charge < -0.3 is 15.9 Å². The molecule has 0 aliphatic rings. The fourth-order valence-electron chi connectivity index (χ4n) is 2.87. The molecule has 2 aromatic carbocycles. The molecule has 0 aliphatic carbocycles. The molecule has 0 amide bonds. The van der Waals surface area contributed by atoms with Gasteiger partial charge in [-0.05, 0) is 45.9 Å². The summed E-state index contributed by atoms with van der Waals surface area (Å²) in [7, 11) is 0. The second-order valence-electron chi connectivity index (χ2n) is 7.16. The van der Waals surface area contributed by atoms with Crippen molar-refractivity contribution in [2.75, 3.05) is 0 Å². The maximum absolute atomic E-state index is 6.10. The molecular weight excluding hydrogens is 407 g/mol. The molecule has 1 heterocycles. The van der Waals surface area contributed by atoms with Gasteiger partial charge >= 0.3 is 0 Å². The quantitative estimate of drug-likeness (QED) is 0.428. The van der Waals surface area contributed by atoms with Crippen LogP contribution in [0.5, 0.6) is 0 Å². The van der Waals surface area contributed by atoms with Crippen LogP contribution in [-0.4, -0.2) is 23.8 Å². The molecule has 0 bridgehead atoms. The Balaban J connectivity index is 0.00000210. The lowest BCUT2D eigenvalue weighted by Gasteiger charge is -2.05. The highest BCUT2D eigenvalue weighted by Gasteiger charge is 2.10. The van der Waals surface area contributed by atoms with Crippen molar-refractivity contribution in [3.8, 4) is 11.3 Å². The van der Waals surface area contributed by atoms with E-state index in [9.17, 15) is 0 Å². The van der Waals surface area contributed by atoms with Gasteiger partial charge in [-0.2, -0.15) is 0 Å². The molecule has 7 heteroatoms. The average Bonchev–Trinajstić information content (AvgIpc) is 3.04. The van der Waals surface area contributed by atoms with Gasteiger partial charge in [0.05, 0.1) is 0 Å². The van der Waals surface area contributed by atoms with Gasteiger partial charge in [-0.15, -0.1) is 24.8 Å². The third kappa shape index (κ3) is 5.99. The largest absolute Gasteiger partial charge is 0.456 e. The molecule has 0 spiro atoms.